The molecule has 2 aliphatic heterocycles. The van der Waals surface area contributed by atoms with Crippen molar-refractivity contribution in [3.05, 3.63) is 142 Å². The predicted octanol–water partition coefficient (Wildman–Crippen LogP) is 8.53. The number of carbonyl (C=O) groups excluding carboxylic acids is 2. The molecule has 3 atom stereocenters. The number of para-hydroxylation sites is 1. The van der Waals surface area contributed by atoms with Crippen LogP contribution in [-0.2, 0) is 13.0 Å². The van der Waals surface area contributed by atoms with E-state index in [-0.39, 0.29) is 23.6 Å². The molecule has 1 aliphatic carbocycles. The summed E-state index contributed by atoms with van der Waals surface area (Å²) in [5, 5.41) is 9.94. The van der Waals surface area contributed by atoms with Crippen LogP contribution in [0.15, 0.2) is 114 Å². The van der Waals surface area contributed by atoms with Gasteiger partial charge < -0.3 is 19.5 Å². The van der Waals surface area contributed by atoms with Gasteiger partial charge in [-0.2, -0.15) is 0 Å². The third-order valence-corrected chi connectivity index (χ3v) is 11.4. The number of rotatable bonds is 7. The number of amides is 2. The Morgan fingerprint density at radius 3 is 2.26 bits per heavy atom. The molecule has 2 fully saturated rings. The Morgan fingerprint density at radius 1 is 0.840 bits per heavy atom. The van der Waals surface area contributed by atoms with E-state index in [2.05, 4.69) is 50.0 Å². The van der Waals surface area contributed by atoms with Crippen LogP contribution in [0.2, 0.25) is 0 Å². The Morgan fingerprint density at radius 2 is 1.52 bits per heavy atom. The molecule has 50 heavy (non-hydrogen) atoms. The second kappa shape index (κ2) is 13.6. The van der Waals surface area contributed by atoms with Gasteiger partial charge in [-0.25, -0.2) is 0 Å². The molecule has 4 aromatic carbocycles. The van der Waals surface area contributed by atoms with E-state index in [0.717, 1.165) is 53.7 Å². The molecule has 7 nitrogen and oxygen atoms in total. The number of fused-ring (bicyclic) bond motifs is 2. The topological polar surface area (TPSA) is 69.0 Å². The third kappa shape index (κ3) is 6.27. The van der Waals surface area contributed by atoms with Crippen LogP contribution in [-0.4, -0.2) is 57.0 Å². The van der Waals surface area contributed by atoms with Gasteiger partial charge in [0.2, 0.25) is 0 Å². The van der Waals surface area contributed by atoms with Crippen LogP contribution in [0.25, 0.3) is 5.69 Å². The fraction of sp³-hybridized carbons (Fsp3) is 0.286. The third-order valence-electron chi connectivity index (χ3n) is 10.9. The zero-order valence-electron chi connectivity index (χ0n) is 28.2. The van der Waals surface area contributed by atoms with E-state index in [9.17, 15) is 14.7 Å². The molecular formula is C42H41BrN4O3. The van der Waals surface area contributed by atoms with E-state index < -0.39 is 0 Å². The summed E-state index contributed by atoms with van der Waals surface area (Å²) in [5.41, 5.74) is 6.54. The molecule has 1 saturated carbocycles. The quantitative estimate of drug-likeness (QED) is 0.183. The maximum absolute atomic E-state index is 14.8. The van der Waals surface area contributed by atoms with Crippen LogP contribution in [0.4, 0.5) is 11.4 Å². The lowest BCUT2D eigenvalue weighted by atomic mass is 9.92. The predicted molar refractivity (Wildman–Crippen MR) is 200 cm³/mol. The number of halogens is 1. The average molecular weight is 730 g/mol. The molecule has 0 bridgehead atoms. The first-order valence-corrected chi connectivity index (χ1v) is 18.4. The number of hydrogen-bond donors (Lipinski definition) is 1. The fourth-order valence-corrected chi connectivity index (χ4v) is 8.80. The minimum absolute atomic E-state index is 0.00220. The van der Waals surface area contributed by atoms with Crippen molar-refractivity contribution in [3.8, 4) is 11.4 Å². The van der Waals surface area contributed by atoms with Crippen molar-refractivity contribution in [1.29, 1.82) is 0 Å². The summed E-state index contributed by atoms with van der Waals surface area (Å²) in [6.45, 7) is 5.69. The molecule has 0 unspecified atom stereocenters. The van der Waals surface area contributed by atoms with Gasteiger partial charge in [0.15, 0.2) is 0 Å². The zero-order valence-corrected chi connectivity index (χ0v) is 29.8. The van der Waals surface area contributed by atoms with Gasteiger partial charge in [0.1, 0.15) is 5.75 Å². The number of anilines is 2. The summed E-state index contributed by atoms with van der Waals surface area (Å²) in [6, 6.07) is 32.4. The number of phenols is 1. The Kier molecular flexibility index (Phi) is 8.83. The van der Waals surface area contributed by atoms with Crippen molar-refractivity contribution in [1.82, 2.24) is 14.4 Å². The van der Waals surface area contributed by atoms with Gasteiger partial charge in [-0.1, -0.05) is 64.8 Å². The molecule has 8 heteroatoms. The van der Waals surface area contributed by atoms with Gasteiger partial charge in [-0.3, -0.25) is 14.5 Å². The SMILES string of the molecule is Cc1cc(C(=O)N(c2ccccc2)c2ccc(O)cc2)cn1-c1cc(Br)ccc1C(=O)N1Cc2ccccc2C[C@H]1CN1C[C@H]2CCC[C@H]2C1. The highest BCUT2D eigenvalue weighted by atomic mass is 79.9. The standard InChI is InChI=1S/C42H41BrN4O3/c1-28-20-33(41(49)47(35-12-3-2-4-13-35)36-15-17-38(48)18-16-36)26-45(28)40-22-34(43)14-19-39(40)42(50)46-25-32-9-6-5-8-29(32)21-37(46)27-44-23-30-10-7-11-31(30)24-44/h2-6,8-9,12-20,22,26,30-31,37,48H,7,10-11,21,23-25,27H2,1H3/t30-,31+,37-/m0/s1. The molecule has 1 aromatic heterocycles. The number of carbonyl (C=O) groups is 2. The van der Waals surface area contributed by atoms with E-state index in [0.29, 0.717) is 29.0 Å². The summed E-state index contributed by atoms with van der Waals surface area (Å²) in [7, 11) is 0. The maximum Gasteiger partial charge on any atom is 0.264 e. The van der Waals surface area contributed by atoms with Crippen LogP contribution >= 0.6 is 15.9 Å². The lowest BCUT2D eigenvalue weighted by Crippen LogP contribution is -2.50. The molecule has 5 aromatic rings. The van der Waals surface area contributed by atoms with E-state index in [4.69, 9.17) is 0 Å². The summed E-state index contributed by atoms with van der Waals surface area (Å²) in [6.07, 6.45) is 6.69. The van der Waals surface area contributed by atoms with Crippen LogP contribution in [0.3, 0.4) is 0 Å². The molecule has 1 N–H and O–H groups in total. The minimum Gasteiger partial charge on any atom is -0.508 e. The number of likely N-dealkylation sites (tertiary alicyclic amines) is 1. The molecule has 1 saturated heterocycles. The molecule has 0 spiro atoms. The van der Waals surface area contributed by atoms with Crippen molar-refractivity contribution in [2.24, 2.45) is 11.8 Å². The molecule has 0 radical (unpaired) electrons. The summed E-state index contributed by atoms with van der Waals surface area (Å²) < 4.78 is 2.81. The lowest BCUT2D eigenvalue weighted by molar-refractivity contribution is 0.0589. The van der Waals surface area contributed by atoms with Crippen LogP contribution in [0.5, 0.6) is 5.75 Å². The monoisotopic (exact) mass is 728 g/mol. The zero-order chi connectivity index (χ0) is 34.4. The van der Waals surface area contributed by atoms with Gasteiger partial charge in [-0.15, -0.1) is 0 Å². The molecular weight excluding hydrogens is 688 g/mol. The fourth-order valence-electron chi connectivity index (χ4n) is 8.45. The van der Waals surface area contributed by atoms with Gasteiger partial charge >= 0.3 is 0 Å². The number of hydrogen-bond acceptors (Lipinski definition) is 4. The minimum atomic E-state index is -0.213. The summed E-state index contributed by atoms with van der Waals surface area (Å²) in [4.78, 5) is 35.5. The first kappa shape index (κ1) is 32.5. The van der Waals surface area contributed by atoms with Gasteiger partial charge in [-0.05, 0) is 110 Å². The van der Waals surface area contributed by atoms with Crippen molar-refractivity contribution in [2.45, 2.75) is 45.2 Å². The second-order valence-corrected chi connectivity index (χ2v) is 15.0. The Balaban J connectivity index is 1.13. The highest BCUT2D eigenvalue weighted by Gasteiger charge is 2.39. The lowest BCUT2D eigenvalue weighted by Gasteiger charge is -2.39. The smallest absolute Gasteiger partial charge is 0.264 e. The van der Waals surface area contributed by atoms with Crippen molar-refractivity contribution >= 4 is 39.1 Å². The van der Waals surface area contributed by atoms with Crippen LogP contribution in [0.1, 0.15) is 56.8 Å². The Hall–Kier alpha value is -4.66. The summed E-state index contributed by atoms with van der Waals surface area (Å²) in [5.74, 6) is 1.52. The second-order valence-electron chi connectivity index (χ2n) is 14.1. The number of aromatic hydroxyl groups is 1. The normalized spacial score (nSPS) is 20.0. The van der Waals surface area contributed by atoms with Crippen LogP contribution in [0, 0.1) is 18.8 Å². The Bertz CT molecular complexity index is 2030. The number of aryl methyl sites for hydroxylation is 1. The largest absolute Gasteiger partial charge is 0.508 e. The van der Waals surface area contributed by atoms with E-state index in [1.54, 1.807) is 29.2 Å². The maximum atomic E-state index is 14.8. The van der Waals surface area contributed by atoms with E-state index in [1.807, 2.05) is 72.3 Å². The molecule has 2 amide bonds. The number of phenolic OH excluding ortho intramolecular Hbond substituents is 1. The number of aromatic nitrogens is 1. The molecule has 3 heterocycles. The molecule has 8 rings (SSSR count). The van der Waals surface area contributed by atoms with E-state index in [1.165, 1.54) is 30.4 Å². The van der Waals surface area contributed by atoms with Crippen molar-refractivity contribution in [3.63, 3.8) is 0 Å². The van der Waals surface area contributed by atoms with E-state index >= 15 is 0 Å². The van der Waals surface area contributed by atoms with Gasteiger partial charge in [0, 0.05) is 60.0 Å². The van der Waals surface area contributed by atoms with Crippen LogP contribution < -0.4 is 4.90 Å². The summed E-state index contributed by atoms with van der Waals surface area (Å²) >= 11 is 3.66. The average Bonchev–Trinajstić information content (AvgIpc) is 3.84. The van der Waals surface area contributed by atoms with Gasteiger partial charge in [0.05, 0.1) is 16.8 Å². The van der Waals surface area contributed by atoms with Gasteiger partial charge in [0.25, 0.3) is 11.8 Å². The highest BCUT2D eigenvalue weighted by Crippen LogP contribution is 2.39. The first-order chi connectivity index (χ1) is 24.3. The number of nitrogens with zero attached hydrogens (tertiary/aromatic N) is 4. The first-order valence-electron chi connectivity index (χ1n) is 17.6. The Labute approximate surface area is 301 Å². The van der Waals surface area contributed by atoms with Crippen molar-refractivity contribution < 1.29 is 14.7 Å². The highest BCUT2D eigenvalue weighted by molar-refractivity contribution is 9.10. The molecule has 254 valence electrons. The number of benzene rings is 4. The molecule has 3 aliphatic rings. The van der Waals surface area contributed by atoms with Crippen molar-refractivity contribution in [2.75, 3.05) is 24.5 Å².